The van der Waals surface area contributed by atoms with E-state index in [1.54, 1.807) is 24.3 Å². The summed E-state index contributed by atoms with van der Waals surface area (Å²) in [4.78, 5) is 41.5. The van der Waals surface area contributed by atoms with E-state index in [0.29, 0.717) is 24.1 Å². The molecule has 0 saturated carbocycles. The molecule has 1 aliphatic carbocycles. The maximum absolute atomic E-state index is 13.4. The molecule has 0 aromatic carbocycles. The van der Waals surface area contributed by atoms with Gasteiger partial charge in [-0.05, 0) is 57.0 Å². The number of nitrogens with zero attached hydrogens (tertiary/aromatic N) is 2. The lowest BCUT2D eigenvalue weighted by Crippen LogP contribution is -2.46. The fraction of sp³-hybridized carbons (Fsp3) is 0.500. The molecule has 2 fully saturated rings. The minimum Gasteiger partial charge on any atom is -0.344 e. The van der Waals surface area contributed by atoms with Gasteiger partial charge in [-0.15, -0.1) is 11.3 Å². The van der Waals surface area contributed by atoms with E-state index in [9.17, 15) is 22.8 Å². The number of carbonyl (C=O) groups is 3. The summed E-state index contributed by atoms with van der Waals surface area (Å²) in [5.74, 6) is -0.485. The number of amides is 3. The number of urea groups is 1. The summed E-state index contributed by atoms with van der Waals surface area (Å²) in [6, 6.07) is 2.89. The summed E-state index contributed by atoms with van der Waals surface area (Å²) >= 11 is 1.59. The Morgan fingerprint density at radius 1 is 1.31 bits per heavy atom. The van der Waals surface area contributed by atoms with Gasteiger partial charge in [-0.2, -0.15) is 0 Å². The summed E-state index contributed by atoms with van der Waals surface area (Å²) in [5.41, 5.74) is 1.68. The van der Waals surface area contributed by atoms with Gasteiger partial charge in [0.1, 0.15) is 5.54 Å². The molecule has 8 nitrogen and oxygen atoms in total. The zero-order valence-electron chi connectivity index (χ0n) is 18.0. The van der Waals surface area contributed by atoms with Gasteiger partial charge in [-0.25, -0.2) is 13.2 Å². The van der Waals surface area contributed by atoms with E-state index in [1.165, 1.54) is 0 Å². The first kappa shape index (κ1) is 21.4. The molecule has 1 N–H and O–H groups in total. The fourth-order valence-corrected chi connectivity index (χ4v) is 8.21. The van der Waals surface area contributed by atoms with Gasteiger partial charge in [-0.1, -0.05) is 0 Å². The number of imide groups is 1. The molecule has 1 spiro atoms. The number of aryl methyl sites for hydroxylation is 2. The van der Waals surface area contributed by atoms with Gasteiger partial charge >= 0.3 is 6.03 Å². The van der Waals surface area contributed by atoms with E-state index in [2.05, 4.69) is 5.32 Å². The number of aromatic nitrogens is 1. The Hall–Kier alpha value is -2.46. The van der Waals surface area contributed by atoms with Crippen LogP contribution in [0.3, 0.4) is 0 Å². The molecule has 2 aromatic heterocycles. The number of sulfone groups is 1. The Balaban J connectivity index is 1.40. The Bertz CT molecular complexity index is 1260. The number of thiophene rings is 1. The number of rotatable bonds is 4. The normalized spacial score (nSPS) is 26.6. The van der Waals surface area contributed by atoms with Gasteiger partial charge in [0.2, 0.25) is 0 Å². The van der Waals surface area contributed by atoms with Crippen LogP contribution in [0.5, 0.6) is 0 Å². The molecule has 5 rings (SSSR count). The molecular formula is C22H25N3O5S2. The molecule has 3 aliphatic rings. The molecule has 10 heteroatoms. The highest BCUT2D eigenvalue weighted by atomic mass is 32.2. The van der Waals surface area contributed by atoms with Gasteiger partial charge < -0.3 is 9.88 Å². The van der Waals surface area contributed by atoms with E-state index in [0.717, 1.165) is 33.9 Å². The summed E-state index contributed by atoms with van der Waals surface area (Å²) in [6.45, 7) is 3.30. The monoisotopic (exact) mass is 475 g/mol. The first-order chi connectivity index (χ1) is 15.1. The van der Waals surface area contributed by atoms with Gasteiger partial charge in [0.05, 0.1) is 18.1 Å². The van der Waals surface area contributed by atoms with Crippen molar-refractivity contribution in [3.63, 3.8) is 0 Å². The minimum atomic E-state index is -3.07. The quantitative estimate of drug-likeness (QED) is 0.540. The van der Waals surface area contributed by atoms with Gasteiger partial charge in [-0.3, -0.25) is 14.5 Å². The summed E-state index contributed by atoms with van der Waals surface area (Å²) in [6.07, 6.45) is 2.73. The SMILES string of the molecule is Cc1cc(C(=O)CN2C(=O)N[C@]3(CCCc4sccc43)C2=O)c(C)n1[C@@H]1CCS(=O)(=O)C1. The van der Waals surface area contributed by atoms with Gasteiger partial charge in [0, 0.05) is 33.4 Å². The Labute approximate surface area is 190 Å². The molecule has 2 aromatic rings. The Morgan fingerprint density at radius 3 is 2.81 bits per heavy atom. The van der Waals surface area contributed by atoms with Crippen molar-refractivity contribution in [2.75, 3.05) is 18.1 Å². The molecule has 170 valence electrons. The molecule has 0 radical (unpaired) electrons. The van der Waals surface area contributed by atoms with Crippen molar-refractivity contribution in [2.45, 2.75) is 51.1 Å². The second kappa shape index (κ2) is 7.28. The van der Waals surface area contributed by atoms with Crippen LogP contribution in [0, 0.1) is 13.8 Å². The largest absolute Gasteiger partial charge is 0.344 e. The molecular weight excluding hydrogens is 450 g/mol. The molecule has 2 saturated heterocycles. The number of fused-ring (bicyclic) bond motifs is 2. The molecule has 3 amide bonds. The third-order valence-electron chi connectivity index (χ3n) is 7.00. The maximum atomic E-state index is 13.4. The van der Waals surface area contributed by atoms with Crippen molar-refractivity contribution in [3.05, 3.63) is 44.9 Å². The maximum Gasteiger partial charge on any atom is 0.325 e. The summed E-state index contributed by atoms with van der Waals surface area (Å²) in [5, 5.41) is 4.81. The van der Waals surface area contributed by atoms with Crippen LogP contribution >= 0.6 is 11.3 Å². The molecule has 4 heterocycles. The van der Waals surface area contributed by atoms with Crippen molar-refractivity contribution in [3.8, 4) is 0 Å². The standard InChI is InChI=1S/C22H25N3O5S2/c1-13-10-16(14(2)25(13)15-6-9-32(29,30)12-15)18(26)11-24-20(27)22(23-21(24)28)7-3-4-19-17(22)5-8-31-19/h5,8,10,15H,3-4,6-7,9,11-12H2,1-2H3,(H,23,28)/t15-,22+/m1/s1. The Morgan fingerprint density at radius 2 is 2.09 bits per heavy atom. The average Bonchev–Trinajstić information content (AvgIpc) is 3.46. The summed E-state index contributed by atoms with van der Waals surface area (Å²) in [7, 11) is -3.07. The molecule has 2 atom stereocenters. The van der Waals surface area contributed by atoms with Crippen LogP contribution in [0.4, 0.5) is 4.79 Å². The van der Waals surface area contributed by atoms with Crippen molar-refractivity contribution >= 4 is 38.9 Å². The van der Waals surface area contributed by atoms with Crippen LogP contribution in [0.15, 0.2) is 17.5 Å². The number of nitrogens with one attached hydrogen (secondary N) is 1. The first-order valence-electron chi connectivity index (χ1n) is 10.8. The third-order valence-corrected chi connectivity index (χ3v) is 9.73. The minimum absolute atomic E-state index is 0.0650. The van der Waals surface area contributed by atoms with E-state index in [-0.39, 0.29) is 35.8 Å². The van der Waals surface area contributed by atoms with Gasteiger partial charge in [0.15, 0.2) is 15.6 Å². The van der Waals surface area contributed by atoms with Crippen molar-refractivity contribution < 1.29 is 22.8 Å². The number of hydrogen-bond donors (Lipinski definition) is 1. The van der Waals surface area contributed by atoms with Crippen LogP contribution in [-0.2, 0) is 26.6 Å². The lowest BCUT2D eigenvalue weighted by atomic mass is 9.80. The van der Waals surface area contributed by atoms with E-state index in [4.69, 9.17) is 0 Å². The average molecular weight is 476 g/mol. The van der Waals surface area contributed by atoms with Crippen molar-refractivity contribution in [1.82, 2.24) is 14.8 Å². The van der Waals surface area contributed by atoms with Crippen LogP contribution in [-0.4, -0.2) is 53.7 Å². The predicted octanol–water partition coefficient (Wildman–Crippen LogP) is 2.49. The molecule has 0 bridgehead atoms. The summed E-state index contributed by atoms with van der Waals surface area (Å²) < 4.78 is 25.8. The zero-order valence-corrected chi connectivity index (χ0v) is 19.6. The number of Topliss-reactive ketones (excluding diaryl/α,β-unsaturated/α-hetero) is 1. The predicted molar refractivity (Wildman–Crippen MR) is 120 cm³/mol. The highest BCUT2D eigenvalue weighted by Gasteiger charge is 2.54. The molecule has 32 heavy (non-hydrogen) atoms. The second-order valence-electron chi connectivity index (χ2n) is 8.97. The highest BCUT2D eigenvalue weighted by Crippen LogP contribution is 2.42. The highest BCUT2D eigenvalue weighted by molar-refractivity contribution is 7.91. The number of ketones is 1. The topological polar surface area (TPSA) is 106 Å². The van der Waals surface area contributed by atoms with Crippen molar-refractivity contribution in [1.29, 1.82) is 0 Å². The first-order valence-corrected chi connectivity index (χ1v) is 13.5. The lowest BCUT2D eigenvalue weighted by Gasteiger charge is -2.31. The number of carbonyl (C=O) groups excluding carboxylic acids is 3. The van der Waals surface area contributed by atoms with E-state index >= 15 is 0 Å². The number of hydrogen-bond acceptors (Lipinski definition) is 6. The van der Waals surface area contributed by atoms with Crippen LogP contribution in [0.2, 0.25) is 0 Å². The third kappa shape index (κ3) is 3.14. The molecule has 2 aliphatic heterocycles. The van der Waals surface area contributed by atoms with E-state index < -0.39 is 21.4 Å². The van der Waals surface area contributed by atoms with Crippen LogP contribution in [0.1, 0.15) is 57.5 Å². The van der Waals surface area contributed by atoms with Crippen LogP contribution < -0.4 is 5.32 Å². The molecule has 0 unspecified atom stereocenters. The fourth-order valence-electron chi connectivity index (χ4n) is 5.51. The zero-order chi connectivity index (χ0) is 22.8. The lowest BCUT2D eigenvalue weighted by molar-refractivity contribution is -0.131. The van der Waals surface area contributed by atoms with E-state index in [1.807, 2.05) is 22.9 Å². The smallest absolute Gasteiger partial charge is 0.325 e. The second-order valence-corrected chi connectivity index (χ2v) is 12.2. The Kier molecular flexibility index (Phi) is 4.86. The van der Waals surface area contributed by atoms with Crippen LogP contribution in [0.25, 0.3) is 0 Å². The van der Waals surface area contributed by atoms with Gasteiger partial charge in [0.25, 0.3) is 5.91 Å². The van der Waals surface area contributed by atoms with Crippen molar-refractivity contribution in [2.24, 2.45) is 0 Å².